The van der Waals surface area contributed by atoms with Gasteiger partial charge in [0.15, 0.2) is 11.4 Å². The highest BCUT2D eigenvalue weighted by atomic mass is 16.5. The van der Waals surface area contributed by atoms with Crippen LogP contribution in [0, 0.1) is 6.92 Å². The Labute approximate surface area is 106 Å². The molecule has 18 heavy (non-hydrogen) atoms. The van der Waals surface area contributed by atoms with Crippen LogP contribution in [0.25, 0.3) is 5.65 Å². The van der Waals surface area contributed by atoms with E-state index in [0.717, 1.165) is 0 Å². The van der Waals surface area contributed by atoms with E-state index in [-0.39, 0.29) is 5.91 Å². The number of carbonyl (C=O) groups excluding carboxylic acids is 1. The fourth-order valence-corrected chi connectivity index (χ4v) is 1.89. The molecule has 5 nitrogen and oxygen atoms in total. The third-order valence-electron chi connectivity index (χ3n) is 2.70. The maximum Gasteiger partial charge on any atom is 0.272 e. The van der Waals surface area contributed by atoms with Gasteiger partial charge in [0, 0.05) is 20.3 Å². The summed E-state index contributed by atoms with van der Waals surface area (Å²) in [4.78, 5) is 18.1. The summed E-state index contributed by atoms with van der Waals surface area (Å²) in [5.74, 6) is 0.634. The lowest BCUT2D eigenvalue weighted by atomic mass is 10.3. The van der Waals surface area contributed by atoms with Crippen molar-refractivity contribution in [3.8, 4) is 5.75 Å². The number of imidazole rings is 1. The largest absolute Gasteiger partial charge is 0.490 e. The molecular weight excluding hydrogens is 230 g/mol. The Morgan fingerprint density at radius 1 is 1.50 bits per heavy atom. The zero-order valence-electron chi connectivity index (χ0n) is 11.1. The Morgan fingerprint density at radius 3 is 2.83 bits per heavy atom. The summed E-state index contributed by atoms with van der Waals surface area (Å²) in [6, 6.07) is 3.71. The molecule has 2 aromatic heterocycles. The van der Waals surface area contributed by atoms with Crippen LogP contribution in [0.1, 0.15) is 23.1 Å². The molecular formula is C13H17N3O2. The second-order valence-electron chi connectivity index (χ2n) is 4.24. The van der Waals surface area contributed by atoms with Crippen LogP contribution >= 0.6 is 0 Å². The van der Waals surface area contributed by atoms with E-state index >= 15 is 0 Å². The van der Waals surface area contributed by atoms with Gasteiger partial charge in [-0.3, -0.25) is 9.20 Å². The average Bonchev–Trinajstić information content (AvgIpc) is 2.66. The lowest BCUT2D eigenvalue weighted by molar-refractivity contribution is 0.0820. The first-order chi connectivity index (χ1) is 8.56. The fraction of sp³-hybridized carbons (Fsp3) is 0.385. The molecule has 0 spiro atoms. The number of aryl methyl sites for hydroxylation is 1. The lowest BCUT2D eigenvalue weighted by Gasteiger charge is -2.11. The van der Waals surface area contributed by atoms with Crippen molar-refractivity contribution in [2.24, 2.45) is 0 Å². The number of amides is 1. The van der Waals surface area contributed by atoms with Gasteiger partial charge in [0.1, 0.15) is 5.69 Å². The summed E-state index contributed by atoms with van der Waals surface area (Å²) in [6.45, 7) is 4.33. The maximum absolute atomic E-state index is 12.1. The van der Waals surface area contributed by atoms with E-state index in [9.17, 15) is 4.79 Å². The van der Waals surface area contributed by atoms with Gasteiger partial charge in [-0.2, -0.15) is 0 Å². The zero-order valence-corrected chi connectivity index (χ0v) is 11.1. The predicted octanol–water partition coefficient (Wildman–Crippen LogP) is 1.74. The van der Waals surface area contributed by atoms with Crippen molar-refractivity contribution < 1.29 is 9.53 Å². The monoisotopic (exact) mass is 247 g/mol. The quantitative estimate of drug-likeness (QED) is 0.830. The number of nitrogens with zero attached hydrogens (tertiary/aromatic N) is 3. The van der Waals surface area contributed by atoms with Gasteiger partial charge >= 0.3 is 0 Å². The molecule has 2 heterocycles. The zero-order chi connectivity index (χ0) is 13.3. The van der Waals surface area contributed by atoms with Crippen LogP contribution in [0.4, 0.5) is 0 Å². The molecule has 0 aliphatic heterocycles. The predicted molar refractivity (Wildman–Crippen MR) is 69.1 cm³/mol. The van der Waals surface area contributed by atoms with E-state index in [1.54, 1.807) is 23.4 Å². The Balaban J connectivity index is 2.65. The highest BCUT2D eigenvalue weighted by Crippen LogP contribution is 2.22. The summed E-state index contributed by atoms with van der Waals surface area (Å²) < 4.78 is 7.30. The highest BCUT2D eigenvalue weighted by molar-refractivity contribution is 5.94. The summed E-state index contributed by atoms with van der Waals surface area (Å²) in [6.07, 6.45) is 1.83. The number of hydrogen-bond acceptors (Lipinski definition) is 3. The Kier molecular flexibility index (Phi) is 3.23. The first-order valence-corrected chi connectivity index (χ1v) is 5.88. The first kappa shape index (κ1) is 12.4. The molecule has 0 radical (unpaired) electrons. The first-order valence-electron chi connectivity index (χ1n) is 5.88. The number of carbonyl (C=O) groups is 1. The van der Waals surface area contributed by atoms with Crippen LogP contribution in [0.2, 0.25) is 0 Å². The standard InChI is InChI=1S/C13H17N3O2/c1-5-18-10-7-6-8-16-11(13(17)15(3)4)9(2)14-12(10)16/h6-8H,5H2,1-4H3. The number of hydrogen-bond donors (Lipinski definition) is 0. The van der Waals surface area contributed by atoms with Gasteiger partial charge in [0.05, 0.1) is 12.3 Å². The van der Waals surface area contributed by atoms with Crippen molar-refractivity contribution in [2.45, 2.75) is 13.8 Å². The number of rotatable bonds is 3. The minimum Gasteiger partial charge on any atom is -0.490 e. The van der Waals surface area contributed by atoms with Gasteiger partial charge in [-0.25, -0.2) is 4.98 Å². The van der Waals surface area contributed by atoms with Crippen molar-refractivity contribution in [3.63, 3.8) is 0 Å². The molecule has 5 heteroatoms. The minimum atomic E-state index is -0.0614. The molecule has 2 aromatic rings. The van der Waals surface area contributed by atoms with E-state index in [4.69, 9.17) is 4.74 Å². The van der Waals surface area contributed by atoms with E-state index < -0.39 is 0 Å². The minimum absolute atomic E-state index is 0.0614. The molecule has 0 atom stereocenters. The molecule has 0 N–H and O–H groups in total. The molecule has 1 amide bonds. The topological polar surface area (TPSA) is 46.8 Å². The van der Waals surface area contributed by atoms with Crippen LogP contribution in [-0.2, 0) is 0 Å². The number of pyridine rings is 1. The van der Waals surface area contributed by atoms with Crippen molar-refractivity contribution in [3.05, 3.63) is 29.7 Å². The van der Waals surface area contributed by atoms with Crippen molar-refractivity contribution in [1.82, 2.24) is 14.3 Å². The summed E-state index contributed by atoms with van der Waals surface area (Å²) in [5.41, 5.74) is 1.97. The Bertz CT molecular complexity index is 587. The highest BCUT2D eigenvalue weighted by Gasteiger charge is 2.19. The Morgan fingerprint density at radius 2 is 2.22 bits per heavy atom. The Hall–Kier alpha value is -2.04. The van der Waals surface area contributed by atoms with Crippen LogP contribution < -0.4 is 4.74 Å². The van der Waals surface area contributed by atoms with Crippen molar-refractivity contribution in [1.29, 1.82) is 0 Å². The summed E-state index contributed by atoms with van der Waals surface area (Å²) >= 11 is 0. The van der Waals surface area contributed by atoms with Crippen molar-refractivity contribution in [2.75, 3.05) is 20.7 Å². The van der Waals surface area contributed by atoms with Gasteiger partial charge in [0.25, 0.3) is 5.91 Å². The van der Waals surface area contributed by atoms with Gasteiger partial charge in [-0.15, -0.1) is 0 Å². The number of aromatic nitrogens is 2. The van der Waals surface area contributed by atoms with Gasteiger partial charge in [-0.1, -0.05) is 0 Å². The summed E-state index contributed by atoms with van der Waals surface area (Å²) in [5, 5.41) is 0. The molecule has 0 aliphatic rings. The third kappa shape index (κ3) is 1.92. The molecule has 0 bridgehead atoms. The molecule has 0 saturated heterocycles. The fourth-order valence-electron chi connectivity index (χ4n) is 1.89. The van der Waals surface area contributed by atoms with Crippen LogP contribution in [0.3, 0.4) is 0 Å². The van der Waals surface area contributed by atoms with Crippen molar-refractivity contribution >= 4 is 11.6 Å². The smallest absolute Gasteiger partial charge is 0.272 e. The number of ether oxygens (including phenoxy) is 1. The molecule has 0 aromatic carbocycles. The third-order valence-corrected chi connectivity index (χ3v) is 2.70. The second kappa shape index (κ2) is 4.68. The van der Waals surface area contributed by atoms with E-state index in [1.165, 1.54) is 0 Å². The summed E-state index contributed by atoms with van der Waals surface area (Å²) in [7, 11) is 3.46. The molecule has 0 aliphatic carbocycles. The van der Waals surface area contributed by atoms with E-state index in [0.29, 0.717) is 29.4 Å². The van der Waals surface area contributed by atoms with Crippen LogP contribution in [0.15, 0.2) is 18.3 Å². The van der Waals surface area contributed by atoms with Gasteiger partial charge < -0.3 is 9.64 Å². The average molecular weight is 247 g/mol. The van der Waals surface area contributed by atoms with Crippen LogP contribution in [0.5, 0.6) is 5.75 Å². The van der Waals surface area contributed by atoms with Gasteiger partial charge in [-0.05, 0) is 26.0 Å². The SMILES string of the molecule is CCOc1cccn2c(C(=O)N(C)C)c(C)nc12. The van der Waals surface area contributed by atoms with E-state index in [1.807, 2.05) is 32.2 Å². The number of fused-ring (bicyclic) bond motifs is 1. The molecule has 0 unspecified atom stereocenters. The molecule has 0 fully saturated rings. The lowest BCUT2D eigenvalue weighted by Crippen LogP contribution is -2.23. The van der Waals surface area contributed by atoms with Crippen LogP contribution in [-0.4, -0.2) is 40.9 Å². The molecule has 0 saturated carbocycles. The molecule has 2 rings (SSSR count). The normalized spacial score (nSPS) is 10.7. The van der Waals surface area contributed by atoms with Gasteiger partial charge in [0.2, 0.25) is 0 Å². The van der Waals surface area contributed by atoms with E-state index in [2.05, 4.69) is 4.98 Å². The molecule has 96 valence electrons. The second-order valence-corrected chi connectivity index (χ2v) is 4.24. The maximum atomic E-state index is 12.1.